The topological polar surface area (TPSA) is 119 Å². The van der Waals surface area contributed by atoms with Crippen molar-refractivity contribution in [3.63, 3.8) is 0 Å². The van der Waals surface area contributed by atoms with E-state index in [2.05, 4.69) is 10.3 Å². The third kappa shape index (κ3) is 4.60. The third-order valence-corrected chi connectivity index (χ3v) is 4.58. The lowest BCUT2D eigenvalue weighted by Gasteiger charge is -2.23. The van der Waals surface area contributed by atoms with Gasteiger partial charge < -0.3 is 18.9 Å². The first-order valence-corrected chi connectivity index (χ1v) is 9.26. The van der Waals surface area contributed by atoms with Crippen molar-refractivity contribution in [1.82, 2.24) is 15.0 Å². The van der Waals surface area contributed by atoms with Gasteiger partial charge in [-0.2, -0.15) is 0 Å². The number of rotatable bonds is 5. The zero-order valence-corrected chi connectivity index (χ0v) is 17.1. The zero-order valence-electron chi connectivity index (χ0n) is 15.6. The standard InChI is InChI=1S/C17H17Cl2N3O7/c1-7(23)26-6-13-15(27-8(2)24)16(28-9(3)25)17(29-13)22-12-5-10(18)4-11(19)14(12)20-21-22/h4-5,13,15-17H,6H2,1-3H3/t13-,15-,16-,17-/m1/s1. The highest BCUT2D eigenvalue weighted by Gasteiger charge is 2.51. The number of hydrogen-bond acceptors (Lipinski definition) is 9. The van der Waals surface area contributed by atoms with Gasteiger partial charge in [0.05, 0.1) is 10.5 Å². The first-order valence-electron chi connectivity index (χ1n) is 8.50. The molecule has 0 unspecified atom stereocenters. The Balaban J connectivity index is 2.04. The molecule has 0 aliphatic carbocycles. The molecule has 1 aliphatic heterocycles. The van der Waals surface area contributed by atoms with Gasteiger partial charge in [0.1, 0.15) is 18.2 Å². The average molecular weight is 446 g/mol. The van der Waals surface area contributed by atoms with Crippen LogP contribution in [-0.4, -0.2) is 57.8 Å². The molecule has 29 heavy (non-hydrogen) atoms. The van der Waals surface area contributed by atoms with Gasteiger partial charge in [-0.15, -0.1) is 5.10 Å². The van der Waals surface area contributed by atoms with E-state index in [1.165, 1.54) is 31.5 Å². The molecule has 0 amide bonds. The molecule has 4 atom stereocenters. The first kappa shape index (κ1) is 21.3. The molecule has 2 aromatic rings. The van der Waals surface area contributed by atoms with Gasteiger partial charge in [0.25, 0.3) is 0 Å². The number of carbonyl (C=O) groups excluding carboxylic acids is 3. The summed E-state index contributed by atoms with van der Waals surface area (Å²) in [4.78, 5) is 34.5. The third-order valence-electron chi connectivity index (χ3n) is 4.08. The number of hydrogen-bond donors (Lipinski definition) is 0. The molecule has 0 N–H and O–H groups in total. The quantitative estimate of drug-likeness (QED) is 0.502. The SMILES string of the molecule is CC(=O)OC[C@H]1O[C@@H](n2nnc3c(Cl)cc(Cl)cc32)[C@H](OC(C)=O)[C@@H]1OC(C)=O. The van der Waals surface area contributed by atoms with Crippen LogP contribution < -0.4 is 0 Å². The van der Waals surface area contributed by atoms with Gasteiger partial charge in [-0.1, -0.05) is 28.4 Å². The normalized spacial score (nSPS) is 23.8. The van der Waals surface area contributed by atoms with Crippen LogP contribution >= 0.6 is 23.2 Å². The Morgan fingerprint density at radius 2 is 1.72 bits per heavy atom. The molecular weight excluding hydrogens is 429 g/mol. The molecule has 3 rings (SSSR count). The molecule has 156 valence electrons. The molecule has 0 spiro atoms. The van der Waals surface area contributed by atoms with Crippen molar-refractivity contribution in [1.29, 1.82) is 0 Å². The molecule has 2 heterocycles. The molecule has 1 aliphatic rings. The summed E-state index contributed by atoms with van der Waals surface area (Å²) in [5, 5.41) is 8.66. The van der Waals surface area contributed by atoms with E-state index in [9.17, 15) is 14.4 Å². The summed E-state index contributed by atoms with van der Waals surface area (Å²) in [6.45, 7) is 3.40. The van der Waals surface area contributed by atoms with E-state index in [1.54, 1.807) is 6.07 Å². The number of halogens is 2. The molecule has 1 aromatic carbocycles. The van der Waals surface area contributed by atoms with Crippen LogP contribution in [0.1, 0.15) is 27.0 Å². The summed E-state index contributed by atoms with van der Waals surface area (Å²) in [5.74, 6) is -1.81. The minimum atomic E-state index is -1.08. The molecule has 0 radical (unpaired) electrons. The monoisotopic (exact) mass is 445 g/mol. The molecule has 10 nitrogen and oxygen atoms in total. The summed E-state index contributed by atoms with van der Waals surface area (Å²) in [6.07, 6.45) is -4.08. The van der Waals surface area contributed by atoms with E-state index < -0.39 is 42.4 Å². The van der Waals surface area contributed by atoms with Crippen LogP contribution in [0.5, 0.6) is 0 Å². The number of nitrogens with zero attached hydrogens (tertiary/aromatic N) is 3. The summed E-state index contributed by atoms with van der Waals surface area (Å²) in [5.41, 5.74) is 0.771. The summed E-state index contributed by atoms with van der Waals surface area (Å²) in [7, 11) is 0. The van der Waals surface area contributed by atoms with E-state index in [1.807, 2.05) is 0 Å². The van der Waals surface area contributed by atoms with Crippen LogP contribution in [0.2, 0.25) is 10.0 Å². The van der Waals surface area contributed by atoms with Crippen LogP contribution in [-0.2, 0) is 33.3 Å². The fourth-order valence-electron chi connectivity index (χ4n) is 3.04. The number of benzene rings is 1. The predicted octanol–water partition coefficient (Wildman–Crippen LogP) is 2.06. The van der Waals surface area contributed by atoms with Crippen molar-refractivity contribution in [2.24, 2.45) is 0 Å². The molecule has 0 saturated carbocycles. The van der Waals surface area contributed by atoms with Gasteiger partial charge >= 0.3 is 17.9 Å². The van der Waals surface area contributed by atoms with E-state index in [-0.39, 0.29) is 11.6 Å². The minimum absolute atomic E-state index is 0.227. The van der Waals surface area contributed by atoms with E-state index >= 15 is 0 Å². The number of ether oxygens (including phenoxy) is 4. The lowest BCUT2D eigenvalue weighted by Crippen LogP contribution is -2.40. The Labute approximate surface area is 174 Å². The van der Waals surface area contributed by atoms with Crippen LogP contribution in [0, 0.1) is 0 Å². The van der Waals surface area contributed by atoms with Gasteiger partial charge in [0.2, 0.25) is 0 Å². The van der Waals surface area contributed by atoms with Crippen LogP contribution in [0.4, 0.5) is 0 Å². The average Bonchev–Trinajstić information content (AvgIpc) is 3.15. The van der Waals surface area contributed by atoms with E-state index in [0.29, 0.717) is 16.1 Å². The largest absolute Gasteiger partial charge is 0.463 e. The highest BCUT2D eigenvalue weighted by atomic mass is 35.5. The van der Waals surface area contributed by atoms with Crippen LogP contribution in [0.15, 0.2) is 12.1 Å². The maximum absolute atomic E-state index is 11.7. The Kier molecular flexibility index (Phi) is 6.25. The van der Waals surface area contributed by atoms with Gasteiger partial charge in [-0.25, -0.2) is 4.68 Å². The van der Waals surface area contributed by atoms with E-state index in [4.69, 9.17) is 42.1 Å². The number of carbonyl (C=O) groups is 3. The van der Waals surface area contributed by atoms with Crippen molar-refractivity contribution in [2.45, 2.75) is 45.3 Å². The van der Waals surface area contributed by atoms with E-state index in [0.717, 1.165) is 0 Å². The van der Waals surface area contributed by atoms with Gasteiger partial charge in [-0.05, 0) is 12.1 Å². The Morgan fingerprint density at radius 1 is 1.07 bits per heavy atom. The Morgan fingerprint density at radius 3 is 2.34 bits per heavy atom. The predicted molar refractivity (Wildman–Crippen MR) is 99.2 cm³/mol. The highest BCUT2D eigenvalue weighted by Crippen LogP contribution is 2.37. The fraction of sp³-hybridized carbons (Fsp3) is 0.471. The fourth-order valence-corrected chi connectivity index (χ4v) is 3.57. The van der Waals surface area contributed by atoms with Crippen molar-refractivity contribution < 1.29 is 33.3 Å². The molecular formula is C17H17Cl2N3O7. The molecule has 1 aromatic heterocycles. The van der Waals surface area contributed by atoms with Crippen molar-refractivity contribution >= 4 is 52.1 Å². The highest BCUT2D eigenvalue weighted by molar-refractivity contribution is 6.38. The first-order chi connectivity index (χ1) is 13.7. The van der Waals surface area contributed by atoms with Crippen LogP contribution in [0.25, 0.3) is 11.0 Å². The smallest absolute Gasteiger partial charge is 0.303 e. The van der Waals surface area contributed by atoms with Gasteiger partial charge in [0.15, 0.2) is 18.4 Å². The number of aromatic nitrogens is 3. The lowest BCUT2D eigenvalue weighted by atomic mass is 10.1. The number of esters is 3. The maximum Gasteiger partial charge on any atom is 0.303 e. The Bertz CT molecular complexity index is 964. The van der Waals surface area contributed by atoms with Gasteiger partial charge in [-0.3, -0.25) is 14.4 Å². The summed E-state index contributed by atoms with van der Waals surface area (Å²) in [6, 6.07) is 3.08. The molecule has 1 fully saturated rings. The molecule has 1 saturated heterocycles. The second-order valence-corrected chi connectivity index (χ2v) is 7.15. The summed E-state index contributed by atoms with van der Waals surface area (Å²) >= 11 is 12.2. The Hall–Kier alpha value is -2.43. The zero-order chi connectivity index (χ0) is 21.3. The second-order valence-electron chi connectivity index (χ2n) is 6.31. The van der Waals surface area contributed by atoms with Gasteiger partial charge in [0, 0.05) is 25.8 Å². The minimum Gasteiger partial charge on any atom is -0.463 e. The van der Waals surface area contributed by atoms with Crippen molar-refractivity contribution in [3.8, 4) is 0 Å². The van der Waals surface area contributed by atoms with Crippen LogP contribution in [0.3, 0.4) is 0 Å². The molecule has 12 heteroatoms. The molecule has 0 bridgehead atoms. The van der Waals surface area contributed by atoms with Crippen molar-refractivity contribution in [2.75, 3.05) is 6.61 Å². The summed E-state index contributed by atoms with van der Waals surface area (Å²) < 4.78 is 22.9. The van der Waals surface area contributed by atoms with Crippen molar-refractivity contribution in [3.05, 3.63) is 22.2 Å². The second kappa shape index (κ2) is 8.52. The maximum atomic E-state index is 11.7. The number of fused-ring (bicyclic) bond motifs is 1. The lowest BCUT2D eigenvalue weighted by molar-refractivity contribution is -0.166.